The fraction of sp³-hybridized carbons (Fsp3) is 0.333. The van der Waals surface area contributed by atoms with Gasteiger partial charge in [0.1, 0.15) is 11.9 Å². The van der Waals surface area contributed by atoms with Gasteiger partial charge in [0, 0.05) is 12.0 Å². The number of aliphatic carboxylic acids is 1. The largest absolute Gasteiger partial charge is 0.490 e. The molecule has 1 N–H and O–H groups in total. The first-order chi connectivity index (χ1) is 7.61. The van der Waals surface area contributed by atoms with Gasteiger partial charge in [0.25, 0.3) is 5.78 Å². The van der Waals surface area contributed by atoms with Crippen molar-refractivity contribution in [3.63, 3.8) is 0 Å². The number of hydrogen-bond acceptors (Lipinski definition) is 3. The molecule has 0 radical (unpaired) electrons. The van der Waals surface area contributed by atoms with Crippen molar-refractivity contribution in [2.24, 2.45) is 0 Å². The van der Waals surface area contributed by atoms with Crippen LogP contribution < -0.4 is 4.74 Å². The van der Waals surface area contributed by atoms with Crippen LogP contribution in [0.4, 0.5) is 0 Å². The second-order valence-electron chi connectivity index (χ2n) is 3.81. The summed E-state index contributed by atoms with van der Waals surface area (Å²) in [6.07, 6.45) is 1.79. The van der Waals surface area contributed by atoms with E-state index < -0.39 is 11.8 Å². The number of hydrogen-bond donors (Lipinski definition) is 1. The van der Waals surface area contributed by atoms with Gasteiger partial charge in [-0.25, -0.2) is 4.79 Å². The molecule has 1 unspecified atom stereocenters. The van der Waals surface area contributed by atoms with E-state index in [1.54, 1.807) is 12.1 Å². The van der Waals surface area contributed by atoms with E-state index in [2.05, 4.69) is 0 Å². The van der Waals surface area contributed by atoms with Crippen LogP contribution in [0.2, 0.25) is 0 Å². The normalized spacial score (nSPS) is 17.7. The fourth-order valence-corrected chi connectivity index (χ4v) is 1.81. The van der Waals surface area contributed by atoms with Crippen LogP contribution in [0.5, 0.6) is 5.75 Å². The van der Waals surface area contributed by atoms with Gasteiger partial charge >= 0.3 is 5.97 Å². The first-order valence-electron chi connectivity index (χ1n) is 5.19. The predicted molar refractivity (Wildman–Crippen MR) is 56.8 cm³/mol. The number of ether oxygens (including phenoxy) is 1. The van der Waals surface area contributed by atoms with Gasteiger partial charge in [0.05, 0.1) is 0 Å². The lowest BCUT2D eigenvalue weighted by Crippen LogP contribution is -2.12. The topological polar surface area (TPSA) is 63.6 Å². The van der Waals surface area contributed by atoms with Crippen molar-refractivity contribution in [1.29, 1.82) is 0 Å². The van der Waals surface area contributed by atoms with Crippen molar-refractivity contribution in [3.05, 3.63) is 29.3 Å². The van der Waals surface area contributed by atoms with Gasteiger partial charge in [0.15, 0.2) is 0 Å². The number of Topliss-reactive ketones (excluding diaryl/α,β-unsaturated/α-hetero) is 1. The second kappa shape index (κ2) is 3.96. The molecule has 0 spiro atoms. The first kappa shape index (κ1) is 10.7. The number of ketones is 1. The summed E-state index contributed by atoms with van der Waals surface area (Å²) in [5, 5.41) is 8.60. The van der Waals surface area contributed by atoms with Gasteiger partial charge in [-0.15, -0.1) is 0 Å². The van der Waals surface area contributed by atoms with Gasteiger partial charge in [-0.2, -0.15) is 0 Å². The summed E-state index contributed by atoms with van der Waals surface area (Å²) in [5.74, 6) is -1.54. The van der Waals surface area contributed by atoms with Crippen LogP contribution in [0.15, 0.2) is 18.2 Å². The van der Waals surface area contributed by atoms with Crippen LogP contribution in [-0.4, -0.2) is 23.0 Å². The van der Waals surface area contributed by atoms with Crippen LogP contribution in [0.25, 0.3) is 0 Å². The molecule has 0 aromatic heterocycles. The van der Waals surface area contributed by atoms with E-state index in [-0.39, 0.29) is 11.7 Å². The Hall–Kier alpha value is -1.84. The second-order valence-corrected chi connectivity index (χ2v) is 3.81. The minimum atomic E-state index is -1.43. The van der Waals surface area contributed by atoms with E-state index in [9.17, 15) is 9.59 Å². The third-order valence-corrected chi connectivity index (χ3v) is 2.71. The molecule has 2 rings (SSSR count). The average molecular weight is 220 g/mol. The lowest BCUT2D eigenvalue weighted by atomic mass is 10.0. The molecule has 1 aliphatic heterocycles. The fourth-order valence-electron chi connectivity index (χ4n) is 1.81. The van der Waals surface area contributed by atoms with Crippen LogP contribution >= 0.6 is 0 Å². The highest BCUT2D eigenvalue weighted by atomic mass is 16.5. The van der Waals surface area contributed by atoms with Crippen LogP contribution in [-0.2, 0) is 11.2 Å². The molecule has 0 saturated carbocycles. The lowest BCUT2D eigenvalue weighted by Gasteiger charge is -2.05. The maximum absolute atomic E-state index is 11.3. The predicted octanol–water partition coefficient (Wildman–Crippen LogP) is 1.67. The zero-order valence-electron chi connectivity index (χ0n) is 8.90. The molecule has 0 saturated heterocycles. The summed E-state index contributed by atoms with van der Waals surface area (Å²) < 4.78 is 5.59. The molecule has 0 bridgehead atoms. The molecule has 1 aromatic rings. The van der Waals surface area contributed by atoms with E-state index in [1.165, 1.54) is 6.07 Å². The van der Waals surface area contributed by atoms with Gasteiger partial charge in [-0.05, 0) is 30.2 Å². The Balaban J connectivity index is 2.29. The summed E-state index contributed by atoms with van der Waals surface area (Å²) in [5.41, 5.74) is 1.13. The quantitative estimate of drug-likeness (QED) is 0.621. The van der Waals surface area contributed by atoms with Crippen LogP contribution in [0.3, 0.4) is 0 Å². The van der Waals surface area contributed by atoms with Gasteiger partial charge < -0.3 is 9.84 Å². The highest BCUT2D eigenvalue weighted by Crippen LogP contribution is 2.30. The maximum Gasteiger partial charge on any atom is 0.377 e. The molecular formula is C12H12O4. The van der Waals surface area contributed by atoms with Crippen molar-refractivity contribution in [1.82, 2.24) is 0 Å². The number of carboxylic acid groups (broad SMARTS) is 1. The Morgan fingerprint density at radius 1 is 1.50 bits per heavy atom. The first-order valence-corrected chi connectivity index (χ1v) is 5.19. The van der Waals surface area contributed by atoms with Gasteiger partial charge in [-0.1, -0.05) is 6.92 Å². The zero-order chi connectivity index (χ0) is 11.7. The van der Waals surface area contributed by atoms with E-state index in [1.807, 2.05) is 6.92 Å². The molecule has 0 aliphatic carbocycles. The van der Waals surface area contributed by atoms with Gasteiger partial charge in [-0.3, -0.25) is 4.79 Å². The number of carbonyl (C=O) groups excluding carboxylic acids is 1. The molecule has 1 aromatic carbocycles. The van der Waals surface area contributed by atoms with Gasteiger partial charge in [0.2, 0.25) is 0 Å². The van der Waals surface area contributed by atoms with Crippen molar-refractivity contribution < 1.29 is 19.4 Å². The Labute approximate surface area is 92.8 Å². The van der Waals surface area contributed by atoms with Crippen molar-refractivity contribution in [2.75, 3.05) is 0 Å². The Morgan fingerprint density at radius 3 is 2.88 bits per heavy atom. The standard InChI is InChI=1S/C12H12O4/c1-2-9-6-8-5-7(11(13)12(14)15)3-4-10(8)16-9/h3-5,9H,2,6H2,1H3,(H,14,15). The molecule has 1 heterocycles. The summed E-state index contributed by atoms with van der Waals surface area (Å²) >= 11 is 0. The van der Waals surface area contributed by atoms with Crippen molar-refractivity contribution in [3.8, 4) is 5.75 Å². The maximum atomic E-state index is 11.3. The minimum Gasteiger partial charge on any atom is -0.490 e. The molecule has 1 atom stereocenters. The summed E-state index contributed by atoms with van der Waals surface area (Å²) in [6, 6.07) is 4.77. The smallest absolute Gasteiger partial charge is 0.377 e. The zero-order valence-corrected chi connectivity index (χ0v) is 8.90. The van der Waals surface area contributed by atoms with E-state index in [0.29, 0.717) is 0 Å². The molecular weight excluding hydrogens is 208 g/mol. The average Bonchev–Trinajstić information content (AvgIpc) is 2.69. The van der Waals surface area contributed by atoms with E-state index >= 15 is 0 Å². The minimum absolute atomic E-state index is 0.144. The molecule has 0 fully saturated rings. The molecule has 0 amide bonds. The molecule has 4 heteroatoms. The number of carbonyl (C=O) groups is 2. The highest BCUT2D eigenvalue weighted by Gasteiger charge is 2.23. The molecule has 84 valence electrons. The molecule has 1 aliphatic rings. The van der Waals surface area contributed by atoms with Crippen LogP contribution in [0.1, 0.15) is 29.3 Å². The molecule has 16 heavy (non-hydrogen) atoms. The monoisotopic (exact) mass is 220 g/mol. The van der Waals surface area contributed by atoms with Crippen LogP contribution in [0, 0.1) is 0 Å². The summed E-state index contributed by atoms with van der Waals surface area (Å²) in [7, 11) is 0. The SMILES string of the molecule is CCC1Cc2cc(C(=O)C(=O)O)ccc2O1. The number of fused-ring (bicyclic) bond motifs is 1. The number of carboxylic acids is 1. The van der Waals surface area contributed by atoms with E-state index in [4.69, 9.17) is 9.84 Å². The van der Waals surface area contributed by atoms with Crippen molar-refractivity contribution >= 4 is 11.8 Å². The third-order valence-electron chi connectivity index (χ3n) is 2.71. The van der Waals surface area contributed by atoms with Crippen molar-refractivity contribution in [2.45, 2.75) is 25.9 Å². The lowest BCUT2D eigenvalue weighted by molar-refractivity contribution is -0.131. The Kier molecular flexibility index (Phi) is 2.64. The number of benzene rings is 1. The highest BCUT2D eigenvalue weighted by molar-refractivity contribution is 6.39. The Bertz CT molecular complexity index is 450. The number of rotatable bonds is 3. The summed E-state index contributed by atoms with van der Waals surface area (Å²) in [6.45, 7) is 2.03. The third kappa shape index (κ3) is 1.78. The Morgan fingerprint density at radius 2 is 2.25 bits per heavy atom. The summed E-state index contributed by atoms with van der Waals surface area (Å²) in [4.78, 5) is 21.8. The van der Waals surface area contributed by atoms with E-state index in [0.717, 1.165) is 24.2 Å². The molecule has 4 nitrogen and oxygen atoms in total.